The van der Waals surface area contributed by atoms with E-state index < -0.39 is 11.9 Å². The maximum absolute atomic E-state index is 13.6. The van der Waals surface area contributed by atoms with Gasteiger partial charge in [-0.3, -0.25) is 9.69 Å². The zero-order chi connectivity index (χ0) is 13.8. The van der Waals surface area contributed by atoms with Gasteiger partial charge in [0.2, 0.25) is 0 Å². The van der Waals surface area contributed by atoms with Gasteiger partial charge in [-0.25, -0.2) is 4.39 Å². The SMILES string of the molecule is CCN1CCOC(C(=O)Cc2c(F)cccc2Cl)C1. The second kappa shape index (κ2) is 6.46. The minimum Gasteiger partial charge on any atom is -0.368 e. The highest BCUT2D eigenvalue weighted by atomic mass is 35.5. The van der Waals surface area contributed by atoms with Gasteiger partial charge in [-0.15, -0.1) is 0 Å². The van der Waals surface area contributed by atoms with Crippen LogP contribution in [-0.2, 0) is 16.0 Å². The standard InChI is InChI=1S/C14H17ClFNO2/c1-2-17-6-7-19-14(9-17)13(18)8-10-11(15)4-3-5-12(10)16/h3-5,14H,2,6-9H2,1H3. The lowest BCUT2D eigenvalue weighted by Crippen LogP contribution is -2.46. The number of hydrogen-bond acceptors (Lipinski definition) is 3. The summed E-state index contributed by atoms with van der Waals surface area (Å²) < 4.78 is 19.1. The Hall–Kier alpha value is -0.970. The van der Waals surface area contributed by atoms with Gasteiger partial charge in [0.1, 0.15) is 11.9 Å². The minimum absolute atomic E-state index is 0.0201. The Bertz CT molecular complexity index is 447. The third kappa shape index (κ3) is 3.53. The maximum atomic E-state index is 13.6. The van der Waals surface area contributed by atoms with E-state index in [1.165, 1.54) is 12.1 Å². The number of benzene rings is 1. The van der Waals surface area contributed by atoms with Crippen LogP contribution in [0.4, 0.5) is 4.39 Å². The number of morpholine rings is 1. The lowest BCUT2D eigenvalue weighted by atomic mass is 10.0. The predicted octanol–water partition coefficient (Wildman–Crippen LogP) is 2.31. The van der Waals surface area contributed by atoms with Gasteiger partial charge in [-0.2, -0.15) is 0 Å². The fourth-order valence-corrected chi connectivity index (χ4v) is 2.40. The third-order valence-electron chi connectivity index (χ3n) is 3.37. The van der Waals surface area contributed by atoms with E-state index in [0.29, 0.717) is 13.2 Å². The zero-order valence-electron chi connectivity index (χ0n) is 10.9. The van der Waals surface area contributed by atoms with Crippen molar-refractivity contribution in [2.75, 3.05) is 26.2 Å². The first kappa shape index (κ1) is 14.4. The normalized spacial score (nSPS) is 20.5. The number of carbonyl (C=O) groups is 1. The summed E-state index contributed by atoms with van der Waals surface area (Å²) in [5.41, 5.74) is 0.256. The van der Waals surface area contributed by atoms with Crippen LogP contribution in [0.5, 0.6) is 0 Å². The summed E-state index contributed by atoms with van der Waals surface area (Å²) in [5.74, 6) is -0.561. The van der Waals surface area contributed by atoms with E-state index in [0.717, 1.165) is 13.1 Å². The molecule has 0 spiro atoms. The number of rotatable bonds is 4. The van der Waals surface area contributed by atoms with Crippen molar-refractivity contribution in [3.63, 3.8) is 0 Å². The van der Waals surface area contributed by atoms with Crippen molar-refractivity contribution in [1.29, 1.82) is 0 Å². The smallest absolute Gasteiger partial charge is 0.167 e. The van der Waals surface area contributed by atoms with Crippen molar-refractivity contribution in [3.05, 3.63) is 34.6 Å². The average Bonchev–Trinajstić information content (AvgIpc) is 2.43. The molecule has 19 heavy (non-hydrogen) atoms. The van der Waals surface area contributed by atoms with Gasteiger partial charge in [0, 0.05) is 30.1 Å². The van der Waals surface area contributed by atoms with Crippen LogP contribution in [-0.4, -0.2) is 43.0 Å². The molecule has 1 aromatic rings. The number of ether oxygens (including phenoxy) is 1. The van der Waals surface area contributed by atoms with Crippen molar-refractivity contribution < 1.29 is 13.9 Å². The number of carbonyl (C=O) groups excluding carboxylic acids is 1. The van der Waals surface area contributed by atoms with E-state index >= 15 is 0 Å². The molecule has 5 heteroatoms. The van der Waals surface area contributed by atoms with Crippen molar-refractivity contribution >= 4 is 17.4 Å². The Morgan fingerprint density at radius 1 is 1.58 bits per heavy atom. The lowest BCUT2D eigenvalue weighted by Gasteiger charge is -2.31. The van der Waals surface area contributed by atoms with E-state index in [9.17, 15) is 9.18 Å². The van der Waals surface area contributed by atoms with Gasteiger partial charge in [0.15, 0.2) is 5.78 Å². The van der Waals surface area contributed by atoms with Crippen molar-refractivity contribution in [2.45, 2.75) is 19.4 Å². The molecule has 0 amide bonds. The quantitative estimate of drug-likeness (QED) is 0.850. The summed E-state index contributed by atoms with van der Waals surface area (Å²) in [6.07, 6.45) is -0.502. The second-order valence-corrected chi connectivity index (χ2v) is 5.00. The molecule has 3 nitrogen and oxygen atoms in total. The molecule has 1 heterocycles. The zero-order valence-corrected chi connectivity index (χ0v) is 11.6. The summed E-state index contributed by atoms with van der Waals surface area (Å²) in [4.78, 5) is 14.3. The Morgan fingerprint density at radius 2 is 2.37 bits per heavy atom. The van der Waals surface area contributed by atoms with Crippen LogP contribution >= 0.6 is 11.6 Å². The summed E-state index contributed by atoms with van der Waals surface area (Å²) in [7, 11) is 0. The van der Waals surface area contributed by atoms with Gasteiger partial charge < -0.3 is 4.74 Å². The van der Waals surface area contributed by atoms with Crippen LogP contribution in [0.1, 0.15) is 12.5 Å². The highest BCUT2D eigenvalue weighted by Gasteiger charge is 2.26. The molecular weight excluding hydrogens is 269 g/mol. The molecule has 104 valence electrons. The first-order valence-corrected chi connectivity index (χ1v) is 6.79. The number of likely N-dealkylation sites (N-methyl/N-ethyl adjacent to an activating group) is 1. The largest absolute Gasteiger partial charge is 0.368 e. The van der Waals surface area contributed by atoms with Gasteiger partial charge in [-0.1, -0.05) is 24.6 Å². The molecule has 1 saturated heterocycles. The second-order valence-electron chi connectivity index (χ2n) is 4.60. The lowest BCUT2D eigenvalue weighted by molar-refractivity contribution is -0.135. The van der Waals surface area contributed by atoms with E-state index in [4.69, 9.17) is 16.3 Å². The van der Waals surface area contributed by atoms with Crippen LogP contribution in [0.25, 0.3) is 0 Å². The molecule has 2 rings (SSSR count). The topological polar surface area (TPSA) is 29.5 Å². The first-order chi connectivity index (χ1) is 9.11. The van der Waals surface area contributed by atoms with Gasteiger partial charge >= 0.3 is 0 Å². The van der Waals surface area contributed by atoms with Gasteiger partial charge in [-0.05, 0) is 18.7 Å². The van der Waals surface area contributed by atoms with Crippen LogP contribution in [0.15, 0.2) is 18.2 Å². The van der Waals surface area contributed by atoms with E-state index in [1.807, 2.05) is 6.92 Å². The summed E-state index contributed by atoms with van der Waals surface area (Å²) >= 11 is 5.93. The van der Waals surface area contributed by atoms with Crippen molar-refractivity contribution in [2.24, 2.45) is 0 Å². The molecule has 1 fully saturated rings. The van der Waals surface area contributed by atoms with E-state index in [1.54, 1.807) is 6.07 Å². The van der Waals surface area contributed by atoms with Gasteiger partial charge in [0.25, 0.3) is 0 Å². The van der Waals surface area contributed by atoms with Crippen LogP contribution < -0.4 is 0 Å². The highest BCUT2D eigenvalue weighted by Crippen LogP contribution is 2.21. The maximum Gasteiger partial charge on any atom is 0.167 e. The van der Waals surface area contributed by atoms with E-state index in [-0.39, 0.29) is 22.8 Å². The number of ketones is 1. The van der Waals surface area contributed by atoms with Crippen molar-refractivity contribution in [3.8, 4) is 0 Å². The number of halogens is 2. The molecule has 1 unspecified atom stereocenters. The Morgan fingerprint density at radius 3 is 3.05 bits per heavy atom. The molecular formula is C14H17ClFNO2. The van der Waals surface area contributed by atoms with Crippen LogP contribution in [0.2, 0.25) is 5.02 Å². The third-order valence-corrected chi connectivity index (χ3v) is 3.72. The first-order valence-electron chi connectivity index (χ1n) is 6.41. The molecule has 0 N–H and O–H groups in total. The minimum atomic E-state index is -0.482. The molecule has 1 aromatic carbocycles. The monoisotopic (exact) mass is 285 g/mol. The Balaban J connectivity index is 2.04. The van der Waals surface area contributed by atoms with Crippen LogP contribution in [0, 0.1) is 5.82 Å². The number of Topliss-reactive ketones (excluding diaryl/α,β-unsaturated/α-hetero) is 1. The van der Waals surface area contributed by atoms with E-state index in [2.05, 4.69) is 4.90 Å². The molecule has 0 aromatic heterocycles. The molecule has 0 aliphatic carbocycles. The highest BCUT2D eigenvalue weighted by molar-refractivity contribution is 6.31. The average molecular weight is 286 g/mol. The molecule has 1 aliphatic heterocycles. The number of hydrogen-bond donors (Lipinski definition) is 0. The molecule has 1 atom stereocenters. The fourth-order valence-electron chi connectivity index (χ4n) is 2.17. The fraction of sp³-hybridized carbons (Fsp3) is 0.500. The molecule has 0 radical (unpaired) electrons. The number of nitrogens with zero attached hydrogens (tertiary/aromatic N) is 1. The van der Waals surface area contributed by atoms with Gasteiger partial charge in [0.05, 0.1) is 6.61 Å². The molecule has 0 bridgehead atoms. The Labute approximate surface area is 117 Å². The summed E-state index contributed by atoms with van der Waals surface area (Å²) in [5, 5.41) is 0.288. The van der Waals surface area contributed by atoms with Crippen LogP contribution in [0.3, 0.4) is 0 Å². The summed E-state index contributed by atoms with van der Waals surface area (Å²) in [6, 6.07) is 4.43. The summed E-state index contributed by atoms with van der Waals surface area (Å²) in [6.45, 7) is 4.87. The Kier molecular flexibility index (Phi) is 4.91. The molecule has 0 saturated carbocycles. The van der Waals surface area contributed by atoms with Crippen molar-refractivity contribution in [1.82, 2.24) is 4.90 Å². The molecule has 1 aliphatic rings. The predicted molar refractivity (Wildman–Crippen MR) is 72.0 cm³/mol.